The Morgan fingerprint density at radius 1 is 1.21 bits per heavy atom. The molecule has 0 bridgehead atoms. The lowest BCUT2D eigenvalue weighted by atomic mass is 10.0. The van der Waals surface area contributed by atoms with Crippen molar-refractivity contribution in [3.63, 3.8) is 0 Å². The Morgan fingerprint density at radius 3 is 2.47 bits per heavy atom. The molecule has 0 aliphatic carbocycles. The number of hydrogen-bond donors (Lipinski definition) is 2. The third-order valence-electron chi connectivity index (χ3n) is 3.49. The molecule has 1 amide bonds. The van der Waals surface area contributed by atoms with Crippen LogP contribution in [-0.2, 0) is 0 Å². The van der Waals surface area contributed by atoms with E-state index >= 15 is 0 Å². The van der Waals surface area contributed by atoms with E-state index in [0.29, 0.717) is 5.92 Å². The summed E-state index contributed by atoms with van der Waals surface area (Å²) in [6.07, 6.45) is 2.20. The molecule has 0 atom stereocenters. The van der Waals surface area contributed by atoms with Crippen molar-refractivity contribution in [3.8, 4) is 0 Å². The van der Waals surface area contributed by atoms with E-state index in [4.69, 9.17) is 0 Å². The Bertz CT molecular complexity index is 411. The van der Waals surface area contributed by atoms with Crippen LogP contribution in [0.1, 0.15) is 49.5 Å². The molecule has 3 heteroatoms. The fourth-order valence-electron chi connectivity index (χ4n) is 2.10. The molecule has 0 aliphatic rings. The van der Waals surface area contributed by atoms with E-state index in [2.05, 4.69) is 24.5 Å². The zero-order chi connectivity index (χ0) is 14.3. The van der Waals surface area contributed by atoms with Crippen LogP contribution in [-0.4, -0.2) is 19.0 Å². The third-order valence-corrected chi connectivity index (χ3v) is 3.49. The standard InChI is InChI=1S/C16H26N2O/c1-5-13(6-2)11-18-16(19)14-10-12(4)8-9-15(14)17-7-3/h8-10,13,17H,5-7,11H2,1-4H3,(H,18,19). The highest BCUT2D eigenvalue weighted by Gasteiger charge is 2.12. The average Bonchev–Trinajstić information content (AvgIpc) is 2.42. The normalized spacial score (nSPS) is 10.6. The summed E-state index contributed by atoms with van der Waals surface area (Å²) in [6, 6.07) is 5.95. The molecule has 0 heterocycles. The SMILES string of the molecule is CCNc1ccc(C)cc1C(=O)NCC(CC)CC. The monoisotopic (exact) mass is 262 g/mol. The molecule has 0 aliphatic heterocycles. The lowest BCUT2D eigenvalue weighted by Crippen LogP contribution is -2.29. The van der Waals surface area contributed by atoms with Gasteiger partial charge in [-0.2, -0.15) is 0 Å². The molecule has 1 aromatic rings. The zero-order valence-corrected chi connectivity index (χ0v) is 12.5. The van der Waals surface area contributed by atoms with Gasteiger partial charge in [-0.3, -0.25) is 4.79 Å². The van der Waals surface area contributed by atoms with E-state index in [1.807, 2.05) is 32.0 Å². The number of nitrogens with one attached hydrogen (secondary N) is 2. The predicted octanol–water partition coefficient (Wildman–Crippen LogP) is 3.59. The van der Waals surface area contributed by atoms with Gasteiger partial charge < -0.3 is 10.6 Å². The van der Waals surface area contributed by atoms with Crippen LogP contribution in [0.5, 0.6) is 0 Å². The Balaban J connectivity index is 2.77. The van der Waals surface area contributed by atoms with Gasteiger partial charge in [0.05, 0.1) is 5.56 Å². The molecule has 2 N–H and O–H groups in total. The van der Waals surface area contributed by atoms with Crippen LogP contribution in [0.4, 0.5) is 5.69 Å². The molecule has 0 spiro atoms. The number of carbonyl (C=O) groups is 1. The number of benzene rings is 1. The minimum atomic E-state index is 0.0200. The van der Waals surface area contributed by atoms with E-state index in [9.17, 15) is 4.79 Å². The van der Waals surface area contributed by atoms with Crippen molar-refractivity contribution in [2.75, 3.05) is 18.4 Å². The van der Waals surface area contributed by atoms with Gasteiger partial charge in [-0.25, -0.2) is 0 Å². The van der Waals surface area contributed by atoms with Gasteiger partial charge in [0.15, 0.2) is 0 Å². The maximum atomic E-state index is 12.3. The van der Waals surface area contributed by atoms with Crippen LogP contribution in [0.25, 0.3) is 0 Å². The van der Waals surface area contributed by atoms with Crippen LogP contribution in [0, 0.1) is 12.8 Å². The first-order chi connectivity index (χ1) is 9.12. The number of amides is 1. The molecule has 106 valence electrons. The number of aryl methyl sites for hydroxylation is 1. The Kier molecular flexibility index (Phi) is 6.40. The van der Waals surface area contributed by atoms with Gasteiger partial charge in [0.2, 0.25) is 0 Å². The highest BCUT2D eigenvalue weighted by atomic mass is 16.1. The number of hydrogen-bond acceptors (Lipinski definition) is 2. The molecule has 0 aromatic heterocycles. The van der Waals surface area contributed by atoms with Gasteiger partial charge in [0, 0.05) is 18.8 Å². The molecule has 0 saturated heterocycles. The summed E-state index contributed by atoms with van der Waals surface area (Å²) in [4.78, 5) is 12.3. The van der Waals surface area contributed by atoms with Crippen LogP contribution in [0.3, 0.4) is 0 Å². The summed E-state index contributed by atoms with van der Waals surface area (Å²) < 4.78 is 0. The maximum absolute atomic E-state index is 12.3. The van der Waals surface area contributed by atoms with Gasteiger partial charge in [-0.05, 0) is 31.9 Å². The van der Waals surface area contributed by atoms with Crippen molar-refractivity contribution in [2.45, 2.75) is 40.5 Å². The number of carbonyl (C=O) groups excluding carboxylic acids is 1. The Morgan fingerprint density at radius 2 is 1.89 bits per heavy atom. The second-order valence-corrected chi connectivity index (χ2v) is 4.97. The Hall–Kier alpha value is -1.51. The molecule has 0 unspecified atom stereocenters. The minimum Gasteiger partial charge on any atom is -0.385 e. The number of rotatable bonds is 7. The molecule has 3 nitrogen and oxygen atoms in total. The third kappa shape index (κ3) is 4.58. The van der Waals surface area contributed by atoms with Crippen molar-refractivity contribution < 1.29 is 4.79 Å². The predicted molar refractivity (Wildman–Crippen MR) is 81.7 cm³/mol. The topological polar surface area (TPSA) is 41.1 Å². The fourth-order valence-corrected chi connectivity index (χ4v) is 2.10. The van der Waals surface area contributed by atoms with Gasteiger partial charge in [0.25, 0.3) is 5.91 Å². The molecule has 19 heavy (non-hydrogen) atoms. The molecule has 1 rings (SSSR count). The van der Waals surface area contributed by atoms with Gasteiger partial charge in [-0.15, -0.1) is 0 Å². The maximum Gasteiger partial charge on any atom is 0.253 e. The molecular weight excluding hydrogens is 236 g/mol. The largest absolute Gasteiger partial charge is 0.385 e. The minimum absolute atomic E-state index is 0.0200. The second kappa shape index (κ2) is 7.82. The quantitative estimate of drug-likeness (QED) is 0.788. The van der Waals surface area contributed by atoms with Crippen molar-refractivity contribution >= 4 is 11.6 Å². The Labute approximate surface area is 116 Å². The molecule has 1 aromatic carbocycles. The highest BCUT2D eigenvalue weighted by Crippen LogP contribution is 2.17. The van der Waals surface area contributed by atoms with Crippen LogP contribution in [0.15, 0.2) is 18.2 Å². The first-order valence-corrected chi connectivity index (χ1v) is 7.25. The molecule has 0 radical (unpaired) electrons. The molecule has 0 fully saturated rings. The summed E-state index contributed by atoms with van der Waals surface area (Å²) in [7, 11) is 0. The number of anilines is 1. The van der Waals surface area contributed by atoms with Crippen molar-refractivity contribution in [1.82, 2.24) is 5.32 Å². The van der Waals surface area contributed by atoms with Crippen LogP contribution < -0.4 is 10.6 Å². The average molecular weight is 262 g/mol. The van der Waals surface area contributed by atoms with Gasteiger partial charge >= 0.3 is 0 Å². The first kappa shape index (κ1) is 15.5. The van der Waals surface area contributed by atoms with E-state index in [0.717, 1.165) is 42.7 Å². The smallest absolute Gasteiger partial charge is 0.253 e. The summed E-state index contributed by atoms with van der Waals surface area (Å²) in [5, 5.41) is 6.29. The van der Waals surface area contributed by atoms with E-state index in [1.165, 1.54) is 0 Å². The summed E-state index contributed by atoms with van der Waals surface area (Å²) >= 11 is 0. The first-order valence-electron chi connectivity index (χ1n) is 7.25. The van der Waals surface area contributed by atoms with E-state index in [1.54, 1.807) is 0 Å². The lowest BCUT2D eigenvalue weighted by Gasteiger charge is -2.15. The summed E-state index contributed by atoms with van der Waals surface area (Å²) in [5.74, 6) is 0.586. The molecular formula is C16H26N2O. The zero-order valence-electron chi connectivity index (χ0n) is 12.5. The second-order valence-electron chi connectivity index (χ2n) is 4.97. The van der Waals surface area contributed by atoms with E-state index in [-0.39, 0.29) is 5.91 Å². The summed E-state index contributed by atoms with van der Waals surface area (Å²) in [5.41, 5.74) is 2.76. The van der Waals surface area contributed by atoms with Crippen molar-refractivity contribution in [2.24, 2.45) is 5.92 Å². The molecule has 0 saturated carbocycles. The van der Waals surface area contributed by atoms with Crippen molar-refractivity contribution in [1.29, 1.82) is 0 Å². The van der Waals surface area contributed by atoms with Gasteiger partial charge in [0.1, 0.15) is 0 Å². The van der Waals surface area contributed by atoms with Crippen molar-refractivity contribution in [3.05, 3.63) is 29.3 Å². The van der Waals surface area contributed by atoms with E-state index < -0.39 is 0 Å². The van der Waals surface area contributed by atoms with Crippen LogP contribution >= 0.6 is 0 Å². The fraction of sp³-hybridized carbons (Fsp3) is 0.562. The summed E-state index contributed by atoms with van der Waals surface area (Å²) in [6.45, 7) is 9.94. The highest BCUT2D eigenvalue weighted by molar-refractivity contribution is 5.99. The van der Waals surface area contributed by atoms with Gasteiger partial charge in [-0.1, -0.05) is 38.3 Å². The lowest BCUT2D eigenvalue weighted by molar-refractivity contribution is 0.0947. The van der Waals surface area contributed by atoms with Crippen LogP contribution in [0.2, 0.25) is 0 Å².